The Morgan fingerprint density at radius 2 is 1.83 bits per heavy atom. The average Bonchev–Trinajstić information content (AvgIpc) is 2.78. The minimum Gasteiger partial charge on any atom is -0.427 e. The van der Waals surface area contributed by atoms with E-state index in [9.17, 15) is 24.2 Å². The first kappa shape index (κ1) is 30.9. The number of ether oxygens (including phenoxy) is 2. The zero-order chi connectivity index (χ0) is 27.0. The largest absolute Gasteiger partial charge is 0.427 e. The number of benzene rings is 1. The fourth-order valence-corrected chi connectivity index (χ4v) is 5.69. The van der Waals surface area contributed by atoms with E-state index in [1.807, 2.05) is 0 Å². The van der Waals surface area contributed by atoms with E-state index in [1.165, 1.54) is 4.90 Å². The van der Waals surface area contributed by atoms with Crippen LogP contribution in [-0.4, -0.2) is 46.1 Å². The van der Waals surface area contributed by atoms with Crippen LogP contribution in [-0.2, 0) is 18.8 Å². The average molecular weight is 566 g/mol. The Balaban J connectivity index is 2.10. The summed E-state index contributed by atoms with van der Waals surface area (Å²) < 4.78 is 21.5. The molecule has 0 spiro atoms. The van der Waals surface area contributed by atoms with Crippen LogP contribution in [0.1, 0.15) is 77.8 Å². The van der Waals surface area contributed by atoms with Gasteiger partial charge >= 0.3 is 12.1 Å². The predicted octanol–water partition coefficient (Wildman–Crippen LogP) is 6.41. The highest BCUT2D eigenvalue weighted by Gasteiger charge is 2.32. The van der Waals surface area contributed by atoms with Crippen molar-refractivity contribution in [3.63, 3.8) is 0 Å². The van der Waals surface area contributed by atoms with Crippen LogP contribution >= 0.6 is 31.2 Å². The van der Waals surface area contributed by atoms with Crippen LogP contribution < -0.4 is 0 Å². The van der Waals surface area contributed by atoms with Crippen LogP contribution in [0.4, 0.5) is 4.79 Å². The third-order valence-electron chi connectivity index (χ3n) is 6.55. The summed E-state index contributed by atoms with van der Waals surface area (Å²) in [4.78, 5) is 35.6. The molecule has 0 saturated heterocycles. The molecule has 2 rings (SSSR count). The molecule has 11 heteroatoms. The van der Waals surface area contributed by atoms with Crippen LogP contribution in [0.3, 0.4) is 0 Å². The number of halogens is 2. The van der Waals surface area contributed by atoms with Gasteiger partial charge < -0.3 is 19.5 Å². The molecule has 1 fully saturated rings. The van der Waals surface area contributed by atoms with Crippen molar-refractivity contribution in [3.05, 3.63) is 33.8 Å². The molecule has 0 aliphatic heterocycles. The second-order valence-corrected chi connectivity index (χ2v) is 12.5. The monoisotopic (exact) mass is 565 g/mol. The van der Waals surface area contributed by atoms with Gasteiger partial charge in [0.05, 0.1) is 21.5 Å². The van der Waals surface area contributed by atoms with Gasteiger partial charge in [0, 0.05) is 6.16 Å². The number of carbonyl (C=O) groups excluding carboxylic acids is 2. The second-order valence-electron chi connectivity index (χ2n) is 10.5. The zero-order valence-electron chi connectivity index (χ0n) is 21.3. The number of hydrogen-bond donors (Lipinski definition) is 2. The van der Waals surface area contributed by atoms with Crippen LogP contribution in [0.15, 0.2) is 18.2 Å². The summed E-state index contributed by atoms with van der Waals surface area (Å²) in [7, 11) is -2.51. The van der Waals surface area contributed by atoms with Gasteiger partial charge in [0.25, 0.3) is 0 Å². The van der Waals surface area contributed by atoms with Crippen molar-refractivity contribution < 1.29 is 33.6 Å². The molecule has 1 aliphatic carbocycles. The minimum atomic E-state index is -2.51. The molecule has 204 valence electrons. The second kappa shape index (κ2) is 14.0. The van der Waals surface area contributed by atoms with E-state index in [2.05, 4.69) is 0 Å². The van der Waals surface area contributed by atoms with Gasteiger partial charge in [-0.25, -0.2) is 4.79 Å². The molecule has 0 aromatic heterocycles. The minimum absolute atomic E-state index is 0.214. The normalized spacial score (nSPS) is 20.8. The lowest BCUT2D eigenvalue weighted by Gasteiger charge is -2.35. The lowest BCUT2D eigenvalue weighted by Crippen LogP contribution is -2.43. The molecule has 2 N–H and O–H groups in total. The number of nitrogens with zero attached hydrogens (tertiary/aromatic N) is 1. The first-order valence-electron chi connectivity index (χ1n) is 12.3. The van der Waals surface area contributed by atoms with Crippen LogP contribution in [0.5, 0.6) is 0 Å². The number of aliphatic hydroxyl groups excluding tert-OH is 1. The van der Waals surface area contributed by atoms with Gasteiger partial charge in [-0.2, -0.15) is 0 Å². The van der Waals surface area contributed by atoms with Gasteiger partial charge in [-0.15, -0.1) is 0 Å². The van der Waals surface area contributed by atoms with Crippen molar-refractivity contribution in [1.82, 2.24) is 4.90 Å². The van der Waals surface area contributed by atoms with E-state index >= 15 is 0 Å². The molecule has 0 heterocycles. The lowest BCUT2D eigenvalue weighted by molar-refractivity contribution is -0.162. The SMILES string of the molecule is C[C@H](c1ccc(Cl)c(Cl)c1)N(C(=O)OCOC(=O)C(C)(C)C)C(O)CCC1CCCC(C[PH](=O)O)C1. The number of hydrogen-bond acceptors (Lipinski definition) is 6. The summed E-state index contributed by atoms with van der Waals surface area (Å²) >= 11 is 12.2. The van der Waals surface area contributed by atoms with Gasteiger partial charge in [0.15, 0.2) is 8.03 Å². The molecule has 8 nitrogen and oxygen atoms in total. The quantitative estimate of drug-likeness (QED) is 0.191. The Kier molecular flexibility index (Phi) is 12.0. The summed E-state index contributed by atoms with van der Waals surface area (Å²) in [5.74, 6) is -0.00569. The van der Waals surface area contributed by atoms with E-state index in [4.69, 9.17) is 32.7 Å². The van der Waals surface area contributed by atoms with Crippen LogP contribution in [0, 0.1) is 17.3 Å². The van der Waals surface area contributed by atoms with Gasteiger partial charge in [-0.1, -0.05) is 42.1 Å². The van der Waals surface area contributed by atoms with Crippen LogP contribution in [0.2, 0.25) is 10.0 Å². The molecular formula is C25H38Cl2NO7P. The van der Waals surface area contributed by atoms with Gasteiger partial charge in [-0.05, 0) is 82.9 Å². The summed E-state index contributed by atoms with van der Waals surface area (Å²) in [5, 5.41) is 11.8. The van der Waals surface area contributed by atoms with Gasteiger partial charge in [0.2, 0.25) is 6.79 Å². The third-order valence-corrected chi connectivity index (χ3v) is 8.21. The maximum Gasteiger partial charge on any atom is 0.415 e. The lowest BCUT2D eigenvalue weighted by atomic mass is 9.80. The molecule has 1 aromatic rings. The number of carbonyl (C=O) groups is 2. The van der Waals surface area contributed by atoms with Crippen molar-refractivity contribution in [2.24, 2.45) is 17.3 Å². The summed E-state index contributed by atoms with van der Waals surface area (Å²) in [6.07, 6.45) is 3.02. The van der Waals surface area contributed by atoms with Crippen molar-refractivity contribution in [3.8, 4) is 0 Å². The molecule has 1 saturated carbocycles. The van der Waals surface area contributed by atoms with Crippen molar-refractivity contribution >= 4 is 43.3 Å². The zero-order valence-corrected chi connectivity index (χ0v) is 23.8. The highest BCUT2D eigenvalue weighted by Crippen LogP contribution is 2.37. The topological polar surface area (TPSA) is 113 Å². The summed E-state index contributed by atoms with van der Waals surface area (Å²) in [6, 6.07) is 4.35. The number of rotatable bonds is 10. The van der Waals surface area contributed by atoms with E-state index in [-0.39, 0.29) is 5.92 Å². The van der Waals surface area contributed by atoms with Crippen LogP contribution in [0.25, 0.3) is 0 Å². The Morgan fingerprint density at radius 3 is 2.44 bits per heavy atom. The Hall–Kier alpha value is -1.31. The Morgan fingerprint density at radius 1 is 1.17 bits per heavy atom. The van der Waals surface area contributed by atoms with E-state index in [0.29, 0.717) is 40.5 Å². The molecule has 0 bridgehead atoms. The van der Waals surface area contributed by atoms with Crippen molar-refractivity contribution in [2.75, 3.05) is 13.0 Å². The van der Waals surface area contributed by atoms with E-state index < -0.39 is 44.6 Å². The maximum absolute atomic E-state index is 13.0. The van der Waals surface area contributed by atoms with Gasteiger partial charge in [-0.3, -0.25) is 14.3 Å². The highest BCUT2D eigenvalue weighted by atomic mass is 35.5. The Labute approximate surface area is 224 Å². The first-order chi connectivity index (χ1) is 16.8. The smallest absolute Gasteiger partial charge is 0.415 e. The molecule has 5 atom stereocenters. The van der Waals surface area contributed by atoms with E-state index in [0.717, 1.165) is 25.7 Å². The molecule has 1 amide bonds. The van der Waals surface area contributed by atoms with Gasteiger partial charge in [0.1, 0.15) is 6.23 Å². The summed E-state index contributed by atoms with van der Waals surface area (Å²) in [6.45, 7) is 6.23. The molecule has 0 radical (unpaired) electrons. The molecule has 1 aliphatic rings. The van der Waals surface area contributed by atoms with Crippen molar-refractivity contribution in [1.29, 1.82) is 0 Å². The molecule has 36 heavy (non-hydrogen) atoms. The fraction of sp³-hybridized carbons (Fsp3) is 0.680. The predicted molar refractivity (Wildman–Crippen MR) is 140 cm³/mol. The van der Waals surface area contributed by atoms with Crippen molar-refractivity contribution in [2.45, 2.75) is 78.5 Å². The van der Waals surface area contributed by atoms with E-state index in [1.54, 1.807) is 45.9 Å². The number of amides is 1. The number of aliphatic hydroxyl groups is 1. The molecule has 4 unspecified atom stereocenters. The summed E-state index contributed by atoms with van der Waals surface area (Å²) in [5.41, 5.74) is -0.0984. The Bertz CT molecular complexity index is 924. The fourth-order valence-electron chi connectivity index (χ4n) is 4.52. The first-order valence-corrected chi connectivity index (χ1v) is 14.6. The maximum atomic E-state index is 13.0. The number of esters is 1. The highest BCUT2D eigenvalue weighted by molar-refractivity contribution is 7.38. The molecule has 1 aromatic carbocycles. The molecular weight excluding hydrogens is 528 g/mol. The third kappa shape index (κ3) is 9.53. The standard InChI is InChI=1S/C25H38Cl2NO7P/c1-16(19-9-10-20(26)21(27)13-19)28(24(31)35-15-34-23(30)25(2,3)4)22(29)11-8-17-6-5-7-18(12-17)14-36(32)33/h9-10,13,16-18,22,29,36H,5-8,11-12,14-15H2,1-4H3,(H,32,33)/t16-,17?,18?,22?/m1/s1.